The SMILES string of the molecule is ON=C(c1ccc(OCc2cccc(-c3ccccn3)n2)cc1)c1ccc(OCc2cccc(-c3ccccn3)n2)cc1. The minimum absolute atomic E-state index is 0.311. The van der Waals surface area contributed by atoms with Crippen molar-refractivity contribution in [1.82, 2.24) is 19.9 Å². The van der Waals surface area contributed by atoms with Gasteiger partial charge in [0.2, 0.25) is 0 Å². The zero-order chi connectivity index (χ0) is 29.3. The Morgan fingerprint density at radius 3 is 1.35 bits per heavy atom. The van der Waals surface area contributed by atoms with Gasteiger partial charge in [-0.1, -0.05) is 29.4 Å². The van der Waals surface area contributed by atoms with E-state index >= 15 is 0 Å². The van der Waals surface area contributed by atoms with E-state index in [2.05, 4.69) is 25.1 Å². The molecule has 1 N–H and O–H groups in total. The van der Waals surface area contributed by atoms with Gasteiger partial charge in [0.15, 0.2) is 0 Å². The highest BCUT2D eigenvalue weighted by Crippen LogP contribution is 2.21. The van der Waals surface area contributed by atoms with E-state index in [9.17, 15) is 5.21 Å². The van der Waals surface area contributed by atoms with Crippen LogP contribution in [0.5, 0.6) is 11.5 Å². The number of hydrogen-bond acceptors (Lipinski definition) is 8. The van der Waals surface area contributed by atoms with Crippen molar-refractivity contribution in [1.29, 1.82) is 0 Å². The normalized spacial score (nSPS) is 10.6. The highest BCUT2D eigenvalue weighted by atomic mass is 16.5. The van der Waals surface area contributed by atoms with E-state index in [4.69, 9.17) is 9.47 Å². The standard InChI is InChI=1S/C35H27N5O3/c41-40-35(25-13-17-29(18-14-25)42-23-27-7-5-11-33(38-27)31-9-1-3-21-36-31)26-15-19-30(20-16-26)43-24-28-8-6-12-34(39-28)32-10-2-4-22-37-32/h1-22,41H,23-24H2. The Kier molecular flexibility index (Phi) is 8.37. The lowest BCUT2D eigenvalue weighted by Crippen LogP contribution is -2.04. The molecule has 0 aliphatic carbocycles. The summed E-state index contributed by atoms with van der Waals surface area (Å²) in [6, 6.07) is 37.8. The van der Waals surface area contributed by atoms with Crippen molar-refractivity contribution in [3.05, 3.63) is 156 Å². The van der Waals surface area contributed by atoms with Crippen LogP contribution in [0.15, 0.2) is 139 Å². The second kappa shape index (κ2) is 13.2. The molecular formula is C35H27N5O3. The maximum atomic E-state index is 9.81. The predicted octanol–water partition coefficient (Wildman–Crippen LogP) is 6.99. The van der Waals surface area contributed by atoms with Gasteiger partial charge >= 0.3 is 0 Å². The van der Waals surface area contributed by atoms with Crippen molar-refractivity contribution in [3.8, 4) is 34.3 Å². The molecule has 8 nitrogen and oxygen atoms in total. The van der Waals surface area contributed by atoms with Crippen molar-refractivity contribution in [2.45, 2.75) is 13.2 Å². The Morgan fingerprint density at radius 2 is 0.953 bits per heavy atom. The second-order valence-electron chi connectivity index (χ2n) is 9.53. The zero-order valence-corrected chi connectivity index (χ0v) is 23.1. The van der Waals surface area contributed by atoms with Crippen LogP contribution >= 0.6 is 0 Å². The molecule has 0 fully saturated rings. The third-order valence-electron chi connectivity index (χ3n) is 6.60. The molecule has 0 bridgehead atoms. The molecule has 0 unspecified atom stereocenters. The lowest BCUT2D eigenvalue weighted by atomic mass is 10.0. The average molecular weight is 566 g/mol. The molecule has 8 heteroatoms. The highest BCUT2D eigenvalue weighted by molar-refractivity contribution is 6.12. The van der Waals surface area contributed by atoms with Gasteiger partial charge in [0, 0.05) is 23.5 Å². The summed E-state index contributed by atoms with van der Waals surface area (Å²) >= 11 is 0. The number of pyridine rings is 4. The smallest absolute Gasteiger partial charge is 0.130 e. The van der Waals surface area contributed by atoms with Crippen LogP contribution in [-0.4, -0.2) is 30.9 Å². The van der Waals surface area contributed by atoms with Crippen LogP contribution in [0.1, 0.15) is 22.5 Å². The number of ether oxygens (including phenoxy) is 2. The Labute approximate surface area is 249 Å². The predicted molar refractivity (Wildman–Crippen MR) is 164 cm³/mol. The first-order chi connectivity index (χ1) is 21.2. The van der Waals surface area contributed by atoms with Crippen molar-refractivity contribution >= 4 is 5.71 Å². The molecule has 4 heterocycles. The fourth-order valence-electron chi connectivity index (χ4n) is 4.45. The summed E-state index contributed by atoms with van der Waals surface area (Å²) in [7, 11) is 0. The molecular weight excluding hydrogens is 538 g/mol. The number of benzene rings is 2. The minimum Gasteiger partial charge on any atom is -0.487 e. The van der Waals surface area contributed by atoms with Gasteiger partial charge in [-0.05, 0) is 97.1 Å². The van der Waals surface area contributed by atoms with Crippen LogP contribution < -0.4 is 9.47 Å². The van der Waals surface area contributed by atoms with Gasteiger partial charge in [-0.3, -0.25) is 9.97 Å². The van der Waals surface area contributed by atoms with E-state index in [0.29, 0.717) is 30.4 Å². The third-order valence-corrected chi connectivity index (χ3v) is 6.60. The van der Waals surface area contributed by atoms with Crippen molar-refractivity contribution in [2.75, 3.05) is 0 Å². The van der Waals surface area contributed by atoms with E-state index < -0.39 is 0 Å². The van der Waals surface area contributed by atoms with E-state index in [1.807, 2.05) is 121 Å². The maximum absolute atomic E-state index is 9.81. The van der Waals surface area contributed by atoms with Gasteiger partial charge in [-0.15, -0.1) is 0 Å². The molecule has 6 aromatic rings. The first-order valence-corrected chi connectivity index (χ1v) is 13.7. The summed E-state index contributed by atoms with van der Waals surface area (Å²) in [5.41, 5.74) is 6.73. The second-order valence-corrected chi connectivity index (χ2v) is 9.53. The molecule has 210 valence electrons. The Balaban J connectivity index is 1.06. The Bertz CT molecular complexity index is 1680. The van der Waals surface area contributed by atoms with Crippen LogP contribution in [-0.2, 0) is 13.2 Å². The third kappa shape index (κ3) is 6.89. The molecule has 0 radical (unpaired) electrons. The summed E-state index contributed by atoms with van der Waals surface area (Å²) < 4.78 is 11.9. The molecule has 0 spiro atoms. The Hall–Kier alpha value is -5.89. The lowest BCUT2D eigenvalue weighted by Gasteiger charge is -2.10. The summed E-state index contributed by atoms with van der Waals surface area (Å²) in [6.07, 6.45) is 3.49. The van der Waals surface area contributed by atoms with Gasteiger partial charge in [0.1, 0.15) is 30.4 Å². The fourth-order valence-corrected chi connectivity index (χ4v) is 4.45. The summed E-state index contributed by atoms with van der Waals surface area (Å²) in [5, 5.41) is 13.4. The van der Waals surface area contributed by atoms with Crippen molar-refractivity contribution in [3.63, 3.8) is 0 Å². The first kappa shape index (κ1) is 27.3. The molecule has 0 aliphatic rings. The van der Waals surface area contributed by atoms with Crippen LogP contribution in [0.25, 0.3) is 22.8 Å². The van der Waals surface area contributed by atoms with Gasteiger partial charge in [-0.2, -0.15) is 0 Å². The van der Waals surface area contributed by atoms with Gasteiger partial charge in [-0.25, -0.2) is 9.97 Å². The number of oxime groups is 1. The molecule has 0 atom stereocenters. The number of rotatable bonds is 10. The molecule has 0 amide bonds. The van der Waals surface area contributed by atoms with Gasteiger partial charge < -0.3 is 14.7 Å². The fraction of sp³-hybridized carbons (Fsp3) is 0.0571. The van der Waals surface area contributed by atoms with E-state index in [1.54, 1.807) is 12.4 Å². The highest BCUT2D eigenvalue weighted by Gasteiger charge is 2.10. The number of aromatic nitrogens is 4. The van der Waals surface area contributed by atoms with E-state index in [1.165, 1.54) is 0 Å². The Morgan fingerprint density at radius 1 is 0.512 bits per heavy atom. The van der Waals surface area contributed by atoms with Crippen LogP contribution in [0.3, 0.4) is 0 Å². The van der Waals surface area contributed by atoms with Crippen LogP contribution in [0, 0.1) is 0 Å². The molecule has 0 aliphatic heterocycles. The topological polar surface area (TPSA) is 103 Å². The first-order valence-electron chi connectivity index (χ1n) is 13.7. The maximum Gasteiger partial charge on any atom is 0.130 e. The molecule has 2 aromatic carbocycles. The number of hydrogen-bond donors (Lipinski definition) is 1. The zero-order valence-electron chi connectivity index (χ0n) is 23.1. The average Bonchev–Trinajstić information content (AvgIpc) is 3.09. The molecule has 0 saturated carbocycles. The van der Waals surface area contributed by atoms with E-state index in [-0.39, 0.29) is 0 Å². The summed E-state index contributed by atoms with van der Waals surface area (Å²) in [6.45, 7) is 0.622. The lowest BCUT2D eigenvalue weighted by molar-refractivity contribution is 0.301. The largest absolute Gasteiger partial charge is 0.487 e. The monoisotopic (exact) mass is 565 g/mol. The molecule has 6 rings (SSSR count). The van der Waals surface area contributed by atoms with Crippen molar-refractivity contribution < 1.29 is 14.7 Å². The minimum atomic E-state index is 0.311. The molecule has 4 aromatic heterocycles. The molecule has 0 saturated heterocycles. The van der Waals surface area contributed by atoms with Gasteiger partial charge in [0.25, 0.3) is 0 Å². The summed E-state index contributed by atoms with van der Waals surface area (Å²) in [5.74, 6) is 1.35. The van der Waals surface area contributed by atoms with Crippen molar-refractivity contribution in [2.24, 2.45) is 5.16 Å². The van der Waals surface area contributed by atoms with E-state index in [0.717, 1.165) is 45.3 Å². The molecule has 43 heavy (non-hydrogen) atoms. The summed E-state index contributed by atoms with van der Waals surface area (Å²) in [4.78, 5) is 18.0. The quantitative estimate of drug-likeness (QED) is 0.109. The van der Waals surface area contributed by atoms with Gasteiger partial charge in [0.05, 0.1) is 34.2 Å². The van der Waals surface area contributed by atoms with Crippen LogP contribution in [0.2, 0.25) is 0 Å². The number of nitrogens with zero attached hydrogens (tertiary/aromatic N) is 5. The van der Waals surface area contributed by atoms with Crippen LogP contribution in [0.4, 0.5) is 0 Å².